The van der Waals surface area contributed by atoms with Crippen LogP contribution >= 0.6 is 0 Å². The number of carbonyl (C=O) groups excluding carboxylic acids is 1. The van der Waals surface area contributed by atoms with E-state index in [0.717, 1.165) is 34.5 Å². The van der Waals surface area contributed by atoms with Crippen molar-refractivity contribution >= 4 is 11.7 Å². The summed E-state index contributed by atoms with van der Waals surface area (Å²) in [7, 11) is 1.40. The quantitative estimate of drug-likeness (QED) is 0.504. The molecule has 3 heterocycles. The Morgan fingerprint density at radius 1 is 1.23 bits per heavy atom. The van der Waals surface area contributed by atoms with E-state index in [2.05, 4.69) is 20.6 Å². The third-order valence-corrected chi connectivity index (χ3v) is 6.57. The number of anilines is 1. The number of aromatic nitrogens is 2. The van der Waals surface area contributed by atoms with Crippen LogP contribution in [-0.4, -0.2) is 23.0 Å². The van der Waals surface area contributed by atoms with Crippen LogP contribution in [0.5, 0.6) is 5.75 Å². The van der Waals surface area contributed by atoms with Gasteiger partial charge >= 0.3 is 6.18 Å². The van der Waals surface area contributed by atoms with Gasteiger partial charge in [0.15, 0.2) is 0 Å². The van der Waals surface area contributed by atoms with Gasteiger partial charge in [0.2, 0.25) is 5.91 Å². The molecule has 3 aromatic rings. The number of ether oxygens (including phenoxy) is 1. The molecule has 3 unspecified atom stereocenters. The number of carbonyl (C=O) groups is 1. The lowest BCUT2D eigenvalue weighted by atomic mass is 9.96. The predicted octanol–water partition coefficient (Wildman–Crippen LogP) is 4.15. The second kappa shape index (κ2) is 8.31. The number of benzene rings is 1. The number of fused-ring (bicyclic) bond motifs is 1. The minimum Gasteiger partial charge on any atom is -0.496 e. The summed E-state index contributed by atoms with van der Waals surface area (Å²) in [6.07, 6.45) is -0.691. The molecule has 182 valence electrons. The first-order valence-electron chi connectivity index (χ1n) is 11.1. The van der Waals surface area contributed by atoms with Gasteiger partial charge in [-0.25, -0.2) is 4.98 Å². The first-order valence-corrected chi connectivity index (χ1v) is 11.1. The molecule has 7 nitrogen and oxygen atoms in total. The zero-order chi connectivity index (χ0) is 25.0. The number of nitrogens with one attached hydrogen (secondary N) is 2. The fourth-order valence-electron chi connectivity index (χ4n) is 4.67. The van der Waals surface area contributed by atoms with Gasteiger partial charge in [-0.3, -0.25) is 15.1 Å². The zero-order valence-electron chi connectivity index (χ0n) is 19.1. The molecule has 10 heteroatoms. The number of rotatable bonds is 5. The number of pyridine rings is 2. The largest absolute Gasteiger partial charge is 0.496 e. The molecule has 1 saturated carbocycles. The van der Waals surface area contributed by atoms with Crippen molar-refractivity contribution in [2.45, 2.75) is 37.6 Å². The van der Waals surface area contributed by atoms with Crippen LogP contribution in [0.3, 0.4) is 0 Å². The van der Waals surface area contributed by atoms with Crippen molar-refractivity contribution in [3.63, 3.8) is 0 Å². The van der Waals surface area contributed by atoms with Crippen LogP contribution in [0.15, 0.2) is 48.8 Å². The first kappa shape index (κ1) is 23.3. The molecule has 2 aromatic heterocycles. The van der Waals surface area contributed by atoms with Gasteiger partial charge in [-0.15, -0.1) is 0 Å². The molecule has 1 fully saturated rings. The number of hydrogen-bond acceptors (Lipinski definition) is 6. The summed E-state index contributed by atoms with van der Waals surface area (Å²) in [6, 6.07) is 8.74. The third-order valence-electron chi connectivity index (χ3n) is 6.57. The predicted molar refractivity (Wildman–Crippen MR) is 123 cm³/mol. The van der Waals surface area contributed by atoms with Crippen molar-refractivity contribution in [3.05, 3.63) is 71.0 Å². The maximum Gasteiger partial charge on any atom is 0.416 e. The Balaban J connectivity index is 1.31. The molecule has 1 aliphatic carbocycles. The van der Waals surface area contributed by atoms with Crippen molar-refractivity contribution in [2.24, 2.45) is 11.7 Å². The molecule has 1 aliphatic heterocycles. The maximum absolute atomic E-state index is 13.2. The van der Waals surface area contributed by atoms with Gasteiger partial charge in [0.05, 0.1) is 24.0 Å². The van der Waals surface area contributed by atoms with E-state index in [4.69, 9.17) is 10.5 Å². The van der Waals surface area contributed by atoms with Crippen LogP contribution in [-0.2, 0) is 23.2 Å². The van der Waals surface area contributed by atoms with Crippen LogP contribution in [0.4, 0.5) is 19.0 Å². The lowest BCUT2D eigenvalue weighted by molar-refractivity contribution is -0.137. The van der Waals surface area contributed by atoms with E-state index in [-0.39, 0.29) is 11.8 Å². The summed E-state index contributed by atoms with van der Waals surface area (Å²) in [4.78, 5) is 21.6. The zero-order valence-corrected chi connectivity index (χ0v) is 19.1. The normalized spacial score (nSPS) is 23.0. The molecule has 0 bridgehead atoms. The Labute approximate surface area is 199 Å². The van der Waals surface area contributed by atoms with E-state index >= 15 is 0 Å². The Bertz CT molecular complexity index is 1290. The molecule has 5 rings (SSSR count). The number of methoxy groups -OCH3 is 1. The van der Waals surface area contributed by atoms with Gasteiger partial charge < -0.3 is 15.8 Å². The molecular formula is C25H24F3N5O2. The maximum atomic E-state index is 13.2. The van der Waals surface area contributed by atoms with E-state index in [9.17, 15) is 18.0 Å². The monoisotopic (exact) mass is 483 g/mol. The lowest BCUT2D eigenvalue weighted by Gasteiger charge is -2.22. The minimum atomic E-state index is -4.47. The topological polar surface area (TPSA) is 102 Å². The summed E-state index contributed by atoms with van der Waals surface area (Å²) in [5, 5.41) is 6.02. The highest BCUT2D eigenvalue weighted by atomic mass is 19.4. The molecule has 0 saturated heterocycles. The van der Waals surface area contributed by atoms with Gasteiger partial charge in [0.25, 0.3) is 0 Å². The fourth-order valence-corrected chi connectivity index (χ4v) is 4.67. The first-order chi connectivity index (χ1) is 16.6. The highest BCUT2D eigenvalue weighted by Gasteiger charge is 2.46. The molecular weight excluding hydrogens is 459 g/mol. The Kier molecular flexibility index (Phi) is 5.52. The molecule has 1 amide bonds. The van der Waals surface area contributed by atoms with Crippen LogP contribution < -0.4 is 21.1 Å². The highest BCUT2D eigenvalue weighted by molar-refractivity contribution is 5.94. The average molecular weight is 483 g/mol. The fraction of sp³-hybridized carbons (Fsp3) is 0.320. The molecule has 0 radical (unpaired) electrons. The molecule has 3 atom stereocenters. The van der Waals surface area contributed by atoms with Gasteiger partial charge in [0, 0.05) is 36.0 Å². The van der Waals surface area contributed by atoms with Crippen molar-refractivity contribution < 1.29 is 22.7 Å². The summed E-state index contributed by atoms with van der Waals surface area (Å²) in [5.41, 5.74) is 8.76. The number of nitrogens with zero attached hydrogens (tertiary/aromatic N) is 2. The van der Waals surface area contributed by atoms with Crippen molar-refractivity contribution in [2.75, 3.05) is 12.4 Å². The number of hydrogen-bond donors (Lipinski definition) is 3. The summed E-state index contributed by atoms with van der Waals surface area (Å²) in [6.45, 7) is 2.54. The van der Waals surface area contributed by atoms with Gasteiger partial charge in [-0.05, 0) is 66.8 Å². The van der Waals surface area contributed by atoms with Crippen molar-refractivity contribution in [1.82, 2.24) is 15.3 Å². The molecule has 0 spiro atoms. The van der Waals surface area contributed by atoms with Crippen molar-refractivity contribution in [3.8, 4) is 17.0 Å². The summed E-state index contributed by atoms with van der Waals surface area (Å²) in [5.74, 6) is -0.423. The Hall–Kier alpha value is -3.50. The van der Waals surface area contributed by atoms with Crippen LogP contribution in [0, 0.1) is 5.92 Å². The highest BCUT2D eigenvalue weighted by Crippen LogP contribution is 2.52. The van der Waals surface area contributed by atoms with E-state index < -0.39 is 23.3 Å². The van der Waals surface area contributed by atoms with E-state index in [0.29, 0.717) is 30.1 Å². The smallest absolute Gasteiger partial charge is 0.416 e. The summed E-state index contributed by atoms with van der Waals surface area (Å²) < 4.78 is 44.7. The lowest BCUT2D eigenvalue weighted by Crippen LogP contribution is -2.42. The molecule has 35 heavy (non-hydrogen) atoms. The number of amides is 1. The third kappa shape index (κ3) is 4.35. The number of halogens is 3. The van der Waals surface area contributed by atoms with E-state index in [1.807, 2.05) is 13.0 Å². The average Bonchev–Trinajstić information content (AvgIpc) is 3.57. The van der Waals surface area contributed by atoms with Crippen LogP contribution in [0.1, 0.15) is 41.5 Å². The second-order valence-corrected chi connectivity index (χ2v) is 9.07. The molecule has 2 aliphatic rings. The van der Waals surface area contributed by atoms with Crippen molar-refractivity contribution in [1.29, 1.82) is 0 Å². The standard InChI is InChI=1S/C25H24F3N5O2/c1-24(29)21-13(12-32-24)7-8-30-22(21)14-3-6-20(31-11-14)33-23(34)18-10-16(18)17-9-15(25(26,27)28)4-5-19(17)35-2/h3-9,11,16,18,32H,10,12,29H2,1-2H3,(H,31,33,34). The molecule has 4 N–H and O–H groups in total. The number of nitrogens with two attached hydrogens (primary N) is 1. The van der Waals surface area contributed by atoms with E-state index in [1.165, 1.54) is 13.2 Å². The SMILES string of the molecule is COc1ccc(C(F)(F)F)cc1C1CC1C(=O)Nc1ccc(-c2nccc3c2C(C)(N)NC3)cn1. The van der Waals surface area contributed by atoms with Gasteiger partial charge in [-0.2, -0.15) is 13.2 Å². The minimum absolute atomic E-state index is 0.299. The van der Waals surface area contributed by atoms with Crippen LogP contribution in [0.2, 0.25) is 0 Å². The second-order valence-electron chi connectivity index (χ2n) is 9.07. The Morgan fingerprint density at radius 3 is 2.71 bits per heavy atom. The molecule has 1 aromatic carbocycles. The van der Waals surface area contributed by atoms with Gasteiger partial charge in [-0.1, -0.05) is 0 Å². The number of alkyl halides is 3. The summed E-state index contributed by atoms with van der Waals surface area (Å²) >= 11 is 0. The van der Waals surface area contributed by atoms with E-state index in [1.54, 1.807) is 24.5 Å². The Morgan fingerprint density at radius 2 is 2.03 bits per heavy atom. The van der Waals surface area contributed by atoms with Gasteiger partial charge in [0.1, 0.15) is 11.6 Å². The van der Waals surface area contributed by atoms with Crippen LogP contribution in [0.25, 0.3) is 11.3 Å².